The van der Waals surface area contributed by atoms with E-state index in [1.54, 1.807) is 11.3 Å². The van der Waals surface area contributed by atoms with Gasteiger partial charge in [-0.05, 0) is 38.2 Å². The maximum Gasteiger partial charge on any atom is 0.205 e. The summed E-state index contributed by atoms with van der Waals surface area (Å²) in [6, 6.07) is 9.47. The van der Waals surface area contributed by atoms with E-state index < -0.39 is 0 Å². The normalized spacial score (nSPS) is 22.6. The van der Waals surface area contributed by atoms with Crippen molar-refractivity contribution < 1.29 is 0 Å². The van der Waals surface area contributed by atoms with E-state index in [0.717, 1.165) is 10.1 Å². The maximum absolute atomic E-state index is 4.10. The van der Waals surface area contributed by atoms with Crippen LogP contribution < -0.4 is 5.32 Å². The van der Waals surface area contributed by atoms with E-state index in [0.29, 0.717) is 12.0 Å². The van der Waals surface area contributed by atoms with E-state index in [9.17, 15) is 0 Å². The van der Waals surface area contributed by atoms with Crippen LogP contribution >= 0.6 is 11.3 Å². The van der Waals surface area contributed by atoms with Crippen LogP contribution in [-0.4, -0.2) is 16.2 Å². The van der Waals surface area contributed by atoms with Gasteiger partial charge in [0.05, 0.1) is 0 Å². The molecule has 0 atom stereocenters. The number of rotatable bonds is 3. The van der Waals surface area contributed by atoms with E-state index >= 15 is 0 Å². The van der Waals surface area contributed by atoms with Gasteiger partial charge in [-0.2, -0.15) is 0 Å². The van der Waals surface area contributed by atoms with E-state index in [1.807, 2.05) is 6.92 Å². The van der Waals surface area contributed by atoms with Gasteiger partial charge in [-0.3, -0.25) is 0 Å². The second kappa shape index (κ2) is 4.69. The fourth-order valence-electron chi connectivity index (χ4n) is 2.38. The molecule has 1 fully saturated rings. The predicted molar refractivity (Wildman–Crippen MR) is 75.2 cm³/mol. The van der Waals surface area contributed by atoms with Gasteiger partial charge in [0.1, 0.15) is 5.01 Å². The highest BCUT2D eigenvalue weighted by Gasteiger charge is 2.30. The highest BCUT2D eigenvalue weighted by atomic mass is 32.1. The van der Waals surface area contributed by atoms with Gasteiger partial charge >= 0.3 is 0 Å². The third-order valence-corrected chi connectivity index (χ3v) is 4.31. The molecule has 0 bridgehead atoms. The molecule has 0 unspecified atom stereocenters. The predicted octanol–water partition coefficient (Wildman–Crippen LogP) is 3.51. The molecule has 1 N–H and O–H groups in total. The standard InChI is InChI=1S/C14H17N3S/c1-9-3-5-11(6-4-9)12-7-13(8-12)15-14-17-16-10(2)18-14/h3-6,12-13H,7-8H2,1-2H3,(H,15,17). The highest BCUT2D eigenvalue weighted by Crippen LogP contribution is 2.38. The molecule has 0 radical (unpaired) electrons. The van der Waals surface area contributed by atoms with Gasteiger partial charge in [0, 0.05) is 6.04 Å². The summed E-state index contributed by atoms with van der Waals surface area (Å²) in [5.74, 6) is 0.706. The molecule has 1 aromatic carbocycles. The molecule has 0 saturated heterocycles. The minimum atomic E-state index is 0.559. The Morgan fingerprint density at radius 2 is 1.83 bits per heavy atom. The summed E-state index contributed by atoms with van der Waals surface area (Å²) in [6.07, 6.45) is 2.39. The van der Waals surface area contributed by atoms with Crippen LogP contribution in [0.1, 0.15) is 34.9 Å². The van der Waals surface area contributed by atoms with Crippen LogP contribution in [0, 0.1) is 13.8 Å². The van der Waals surface area contributed by atoms with Crippen molar-refractivity contribution >= 4 is 16.5 Å². The van der Waals surface area contributed by atoms with Gasteiger partial charge in [0.2, 0.25) is 5.13 Å². The van der Waals surface area contributed by atoms with Gasteiger partial charge in [-0.25, -0.2) is 0 Å². The average Bonchev–Trinajstić information content (AvgIpc) is 2.71. The highest BCUT2D eigenvalue weighted by molar-refractivity contribution is 7.15. The molecule has 3 nitrogen and oxygen atoms in total. The Labute approximate surface area is 111 Å². The zero-order valence-corrected chi connectivity index (χ0v) is 11.5. The summed E-state index contributed by atoms with van der Waals surface area (Å²) in [5, 5.41) is 13.6. The number of hydrogen-bond donors (Lipinski definition) is 1. The molecule has 0 aliphatic heterocycles. The summed E-state index contributed by atoms with van der Waals surface area (Å²) in [5.41, 5.74) is 2.80. The zero-order valence-electron chi connectivity index (χ0n) is 10.7. The lowest BCUT2D eigenvalue weighted by Gasteiger charge is -2.36. The van der Waals surface area contributed by atoms with Crippen LogP contribution in [0.5, 0.6) is 0 Å². The molecule has 94 valence electrons. The third-order valence-electron chi connectivity index (χ3n) is 3.54. The lowest BCUT2D eigenvalue weighted by molar-refractivity contribution is 0.374. The van der Waals surface area contributed by atoms with Gasteiger partial charge in [-0.15, -0.1) is 10.2 Å². The molecule has 0 amide bonds. The zero-order chi connectivity index (χ0) is 12.5. The summed E-state index contributed by atoms with van der Waals surface area (Å²) < 4.78 is 0. The van der Waals surface area contributed by atoms with E-state index in [-0.39, 0.29) is 0 Å². The molecule has 3 rings (SSSR count). The smallest absolute Gasteiger partial charge is 0.205 e. The second-order valence-electron chi connectivity index (χ2n) is 5.05. The Morgan fingerprint density at radius 1 is 1.11 bits per heavy atom. The van der Waals surface area contributed by atoms with E-state index in [2.05, 4.69) is 46.7 Å². The first-order valence-electron chi connectivity index (χ1n) is 6.34. The van der Waals surface area contributed by atoms with Crippen LogP contribution in [0.2, 0.25) is 0 Å². The van der Waals surface area contributed by atoms with E-state index in [1.165, 1.54) is 24.0 Å². The maximum atomic E-state index is 4.10. The first-order valence-corrected chi connectivity index (χ1v) is 7.15. The SMILES string of the molecule is Cc1ccc(C2CC(Nc3nnc(C)s3)C2)cc1. The second-order valence-corrected chi connectivity index (χ2v) is 6.23. The van der Waals surface area contributed by atoms with Crippen molar-refractivity contribution in [2.75, 3.05) is 5.32 Å². The monoisotopic (exact) mass is 259 g/mol. The number of nitrogens with zero attached hydrogens (tertiary/aromatic N) is 2. The Hall–Kier alpha value is -1.42. The average molecular weight is 259 g/mol. The molecule has 1 aliphatic rings. The molecule has 4 heteroatoms. The number of benzene rings is 1. The van der Waals surface area contributed by atoms with Crippen molar-refractivity contribution in [1.29, 1.82) is 0 Å². The minimum Gasteiger partial charge on any atom is -0.357 e. The quantitative estimate of drug-likeness (QED) is 0.916. The van der Waals surface area contributed by atoms with Crippen LogP contribution in [0.15, 0.2) is 24.3 Å². The van der Waals surface area contributed by atoms with Crippen molar-refractivity contribution in [3.63, 3.8) is 0 Å². The van der Waals surface area contributed by atoms with Gasteiger partial charge in [0.25, 0.3) is 0 Å². The Bertz CT molecular complexity index is 526. The van der Waals surface area contributed by atoms with Crippen molar-refractivity contribution in [1.82, 2.24) is 10.2 Å². The molecule has 1 aliphatic carbocycles. The minimum absolute atomic E-state index is 0.559. The topological polar surface area (TPSA) is 37.8 Å². The first kappa shape index (κ1) is 11.7. The van der Waals surface area contributed by atoms with Crippen molar-refractivity contribution in [2.45, 2.75) is 38.6 Å². The fraction of sp³-hybridized carbons (Fsp3) is 0.429. The lowest BCUT2D eigenvalue weighted by Crippen LogP contribution is -2.33. The van der Waals surface area contributed by atoms with E-state index in [4.69, 9.17) is 0 Å². The number of anilines is 1. The van der Waals surface area contributed by atoms with Crippen molar-refractivity contribution in [2.24, 2.45) is 0 Å². The Kier molecular flexibility index (Phi) is 3.04. The Morgan fingerprint density at radius 3 is 2.44 bits per heavy atom. The number of aryl methyl sites for hydroxylation is 2. The van der Waals surface area contributed by atoms with Crippen molar-refractivity contribution in [3.05, 3.63) is 40.4 Å². The molecule has 18 heavy (non-hydrogen) atoms. The number of hydrogen-bond acceptors (Lipinski definition) is 4. The van der Waals surface area contributed by atoms with Crippen molar-refractivity contribution in [3.8, 4) is 0 Å². The molecular weight excluding hydrogens is 242 g/mol. The summed E-state index contributed by atoms with van der Waals surface area (Å²) in [6.45, 7) is 4.12. The van der Waals surface area contributed by atoms with Gasteiger partial charge < -0.3 is 5.32 Å². The summed E-state index contributed by atoms with van der Waals surface area (Å²) in [4.78, 5) is 0. The Balaban J connectivity index is 1.55. The molecule has 1 heterocycles. The van der Waals surface area contributed by atoms with Crippen LogP contribution in [0.25, 0.3) is 0 Å². The molecule has 1 aromatic heterocycles. The number of nitrogens with one attached hydrogen (secondary N) is 1. The van der Waals surface area contributed by atoms with Crippen LogP contribution in [0.4, 0.5) is 5.13 Å². The first-order chi connectivity index (χ1) is 8.70. The molecule has 1 saturated carbocycles. The van der Waals surface area contributed by atoms with Crippen LogP contribution in [-0.2, 0) is 0 Å². The lowest BCUT2D eigenvalue weighted by atomic mass is 9.76. The fourth-order valence-corrected chi connectivity index (χ4v) is 3.04. The van der Waals surface area contributed by atoms with Gasteiger partial charge in [-0.1, -0.05) is 41.2 Å². The number of aromatic nitrogens is 2. The molecular formula is C14H17N3S. The molecule has 2 aromatic rings. The molecule has 0 spiro atoms. The summed E-state index contributed by atoms with van der Waals surface area (Å²) in [7, 11) is 0. The van der Waals surface area contributed by atoms with Crippen LogP contribution in [0.3, 0.4) is 0 Å². The third kappa shape index (κ3) is 2.38. The van der Waals surface area contributed by atoms with Gasteiger partial charge in [0.15, 0.2) is 0 Å². The largest absolute Gasteiger partial charge is 0.357 e. The summed E-state index contributed by atoms with van der Waals surface area (Å²) >= 11 is 1.63.